The Morgan fingerprint density at radius 3 is 2.30 bits per heavy atom. The monoisotopic (exact) mass is 431 g/mol. The number of sulfonamides is 1. The molecule has 1 aliphatic heterocycles. The maximum absolute atomic E-state index is 12.5. The van der Waals surface area contributed by atoms with Crippen molar-refractivity contribution >= 4 is 21.7 Å². The molecule has 1 aliphatic rings. The Morgan fingerprint density at radius 1 is 1.00 bits per heavy atom. The summed E-state index contributed by atoms with van der Waals surface area (Å²) in [5, 5.41) is 0. The number of carbonyl (C=O) groups is 1. The van der Waals surface area contributed by atoms with Gasteiger partial charge in [0.15, 0.2) is 0 Å². The fourth-order valence-corrected chi connectivity index (χ4v) is 5.21. The van der Waals surface area contributed by atoms with E-state index < -0.39 is 16.0 Å². The van der Waals surface area contributed by atoms with Crippen molar-refractivity contribution in [3.8, 4) is 0 Å². The van der Waals surface area contributed by atoms with Gasteiger partial charge < -0.3 is 4.74 Å². The molecule has 2 aromatic carbocycles. The molecule has 1 N–H and O–H groups in total. The smallest absolute Gasteiger partial charge is 0.337 e. The fourth-order valence-electron chi connectivity index (χ4n) is 4.17. The number of rotatable bonds is 9. The molecule has 0 aliphatic carbocycles. The number of likely N-dealkylation sites (tertiary alicyclic amines) is 1. The van der Waals surface area contributed by atoms with Crippen LogP contribution in [0, 0.1) is 0 Å². The van der Waals surface area contributed by atoms with E-state index in [0.29, 0.717) is 12.0 Å². The molecular formula is C23H31N2O4S+. The van der Waals surface area contributed by atoms with Crippen LogP contribution < -0.4 is 9.21 Å². The van der Waals surface area contributed by atoms with Gasteiger partial charge in [0.2, 0.25) is 10.0 Å². The summed E-state index contributed by atoms with van der Waals surface area (Å²) in [6.45, 7) is 3.19. The summed E-state index contributed by atoms with van der Waals surface area (Å²) in [5.41, 5.74) is 2.53. The molecule has 0 aromatic heterocycles. The maximum Gasteiger partial charge on any atom is 0.337 e. The molecule has 0 amide bonds. The van der Waals surface area contributed by atoms with Gasteiger partial charge in [0, 0.05) is 13.0 Å². The van der Waals surface area contributed by atoms with Crippen LogP contribution in [-0.4, -0.2) is 46.9 Å². The Hall–Kier alpha value is -2.22. The molecule has 1 saturated heterocycles. The Kier molecular flexibility index (Phi) is 7.64. The summed E-state index contributed by atoms with van der Waals surface area (Å²) < 4.78 is 33.3. The lowest BCUT2D eigenvalue weighted by Gasteiger charge is -2.41. The lowest BCUT2D eigenvalue weighted by Crippen LogP contribution is -2.53. The first-order valence-corrected chi connectivity index (χ1v) is 12.2. The molecular weight excluding hydrogens is 400 g/mol. The van der Waals surface area contributed by atoms with Gasteiger partial charge >= 0.3 is 5.97 Å². The van der Waals surface area contributed by atoms with Crippen molar-refractivity contribution < 1.29 is 17.9 Å². The standard InChI is InChI=1S/C23H31N2O4S/c1-29-23(26)21-13-11-20(12-14-21)19-24-30(27,28)18-8-17-25(15-6-3-7-16-25)22-9-4-2-5-10-22/h2,4-5,9-14,24H,3,6-8,15-19H2,1H3/q+1. The van der Waals surface area contributed by atoms with Crippen LogP contribution in [0.3, 0.4) is 0 Å². The highest BCUT2D eigenvalue weighted by molar-refractivity contribution is 7.89. The van der Waals surface area contributed by atoms with Crippen molar-refractivity contribution in [2.45, 2.75) is 32.2 Å². The molecule has 162 valence electrons. The summed E-state index contributed by atoms with van der Waals surface area (Å²) in [6.07, 6.45) is 4.23. The Balaban J connectivity index is 1.54. The van der Waals surface area contributed by atoms with Crippen LogP contribution in [0.4, 0.5) is 5.69 Å². The van der Waals surface area contributed by atoms with Gasteiger partial charge in [-0.3, -0.25) is 4.48 Å². The van der Waals surface area contributed by atoms with Gasteiger partial charge in [0.25, 0.3) is 0 Å². The molecule has 0 radical (unpaired) electrons. The molecule has 6 nitrogen and oxygen atoms in total. The molecule has 3 rings (SSSR count). The number of benzene rings is 2. The minimum atomic E-state index is -3.37. The maximum atomic E-state index is 12.5. The lowest BCUT2D eigenvalue weighted by atomic mass is 10.0. The molecule has 0 unspecified atom stereocenters. The van der Waals surface area contributed by atoms with Crippen LogP contribution in [0.5, 0.6) is 0 Å². The van der Waals surface area contributed by atoms with Crippen LogP contribution >= 0.6 is 0 Å². The first-order chi connectivity index (χ1) is 14.4. The number of hydrogen-bond acceptors (Lipinski definition) is 4. The number of esters is 1. The van der Waals surface area contributed by atoms with Crippen molar-refractivity contribution in [3.05, 3.63) is 65.7 Å². The van der Waals surface area contributed by atoms with E-state index in [9.17, 15) is 13.2 Å². The van der Waals surface area contributed by atoms with Crippen molar-refractivity contribution in [2.75, 3.05) is 32.5 Å². The highest BCUT2D eigenvalue weighted by Crippen LogP contribution is 2.28. The van der Waals surface area contributed by atoms with Crippen molar-refractivity contribution in [1.29, 1.82) is 0 Å². The van der Waals surface area contributed by atoms with E-state index in [2.05, 4.69) is 33.7 Å². The van der Waals surface area contributed by atoms with Crippen LogP contribution in [0.25, 0.3) is 0 Å². The number of hydrogen-bond donors (Lipinski definition) is 1. The molecule has 1 heterocycles. The van der Waals surface area contributed by atoms with E-state index in [1.54, 1.807) is 24.3 Å². The zero-order chi connectivity index (χ0) is 21.5. The number of quaternary nitrogens is 1. The van der Waals surface area contributed by atoms with Crippen LogP contribution in [-0.2, 0) is 21.3 Å². The predicted molar refractivity (Wildman–Crippen MR) is 120 cm³/mol. The van der Waals surface area contributed by atoms with Crippen LogP contribution in [0.1, 0.15) is 41.6 Å². The summed E-state index contributed by atoms with van der Waals surface area (Å²) >= 11 is 0. The highest BCUT2D eigenvalue weighted by atomic mass is 32.2. The number of para-hydroxylation sites is 1. The van der Waals surface area contributed by atoms with E-state index in [1.165, 1.54) is 32.1 Å². The second-order valence-corrected chi connectivity index (χ2v) is 9.82. The Bertz CT molecular complexity index is 921. The predicted octanol–water partition coefficient (Wildman–Crippen LogP) is 3.47. The number of nitrogens with zero attached hydrogens (tertiary/aromatic N) is 1. The van der Waals surface area contributed by atoms with Crippen molar-refractivity contribution in [1.82, 2.24) is 9.21 Å². The molecule has 0 atom stereocenters. The SMILES string of the molecule is COC(=O)c1ccc(CNS(=O)(=O)CCC[N+]2(c3ccccc3)CCCCC2)cc1. The normalized spacial score (nSPS) is 16.2. The average Bonchev–Trinajstić information content (AvgIpc) is 2.79. The zero-order valence-corrected chi connectivity index (χ0v) is 18.4. The van der Waals surface area contributed by atoms with E-state index in [1.807, 2.05) is 6.07 Å². The summed E-state index contributed by atoms with van der Waals surface area (Å²) in [4.78, 5) is 11.5. The number of piperidine rings is 1. The first kappa shape index (κ1) is 22.5. The van der Waals surface area contributed by atoms with Gasteiger partial charge in [0.05, 0.1) is 38.1 Å². The van der Waals surface area contributed by atoms with Gasteiger partial charge in [-0.15, -0.1) is 0 Å². The highest BCUT2D eigenvalue weighted by Gasteiger charge is 2.32. The summed E-state index contributed by atoms with van der Waals surface area (Å²) in [6, 6.07) is 17.2. The molecule has 0 saturated carbocycles. The van der Waals surface area contributed by atoms with Crippen LogP contribution in [0.15, 0.2) is 54.6 Å². The van der Waals surface area contributed by atoms with Crippen molar-refractivity contribution in [2.24, 2.45) is 0 Å². The Labute approximate surface area is 179 Å². The second kappa shape index (κ2) is 10.2. The number of ether oxygens (including phenoxy) is 1. The van der Waals surface area contributed by atoms with E-state index in [4.69, 9.17) is 0 Å². The minimum absolute atomic E-state index is 0.111. The molecule has 2 aromatic rings. The van der Waals surface area contributed by atoms with E-state index >= 15 is 0 Å². The Morgan fingerprint density at radius 2 is 1.67 bits per heavy atom. The quantitative estimate of drug-likeness (QED) is 0.487. The number of nitrogens with one attached hydrogen (secondary N) is 1. The summed E-state index contributed by atoms with van der Waals surface area (Å²) in [5.74, 6) is -0.296. The molecule has 7 heteroatoms. The largest absolute Gasteiger partial charge is 0.465 e. The molecule has 1 fully saturated rings. The molecule has 0 bridgehead atoms. The summed E-state index contributed by atoms with van der Waals surface area (Å²) in [7, 11) is -2.04. The van der Waals surface area contributed by atoms with E-state index in [-0.39, 0.29) is 12.3 Å². The van der Waals surface area contributed by atoms with Crippen molar-refractivity contribution in [3.63, 3.8) is 0 Å². The van der Waals surface area contributed by atoms with Gasteiger partial charge in [0.1, 0.15) is 5.69 Å². The molecule has 30 heavy (non-hydrogen) atoms. The minimum Gasteiger partial charge on any atom is -0.465 e. The average molecular weight is 432 g/mol. The topological polar surface area (TPSA) is 72.5 Å². The zero-order valence-electron chi connectivity index (χ0n) is 17.5. The third kappa shape index (κ3) is 5.90. The molecule has 0 spiro atoms. The number of carbonyl (C=O) groups excluding carboxylic acids is 1. The lowest BCUT2D eigenvalue weighted by molar-refractivity contribution is 0.0600. The van der Waals surface area contributed by atoms with Crippen LogP contribution in [0.2, 0.25) is 0 Å². The second-order valence-electron chi connectivity index (χ2n) is 7.89. The third-order valence-corrected chi connectivity index (χ3v) is 7.26. The van der Waals surface area contributed by atoms with E-state index in [0.717, 1.165) is 29.7 Å². The first-order valence-electron chi connectivity index (χ1n) is 10.5. The van der Waals surface area contributed by atoms with Gasteiger partial charge in [-0.25, -0.2) is 17.9 Å². The number of methoxy groups -OCH3 is 1. The van der Waals surface area contributed by atoms with Gasteiger partial charge in [-0.2, -0.15) is 0 Å². The fraction of sp³-hybridized carbons (Fsp3) is 0.435. The third-order valence-electron chi connectivity index (χ3n) is 5.85. The van der Waals surface area contributed by atoms with Gasteiger partial charge in [-0.05, 0) is 49.1 Å². The van der Waals surface area contributed by atoms with Gasteiger partial charge in [-0.1, -0.05) is 30.3 Å².